The van der Waals surface area contributed by atoms with Crippen LogP contribution in [0.2, 0.25) is 0 Å². The molecular formula is C9H13F3N2O. The molecule has 1 aromatic heterocycles. The number of aromatic nitrogens is 2. The van der Waals surface area contributed by atoms with Gasteiger partial charge >= 0.3 is 6.18 Å². The summed E-state index contributed by atoms with van der Waals surface area (Å²) in [5.41, 5.74) is -1.32. The van der Waals surface area contributed by atoms with E-state index in [1.54, 1.807) is 13.8 Å². The van der Waals surface area contributed by atoms with Gasteiger partial charge in [0.15, 0.2) is 0 Å². The highest BCUT2D eigenvalue weighted by molar-refractivity contribution is 5.20. The van der Waals surface area contributed by atoms with Crippen molar-refractivity contribution in [2.75, 3.05) is 6.61 Å². The van der Waals surface area contributed by atoms with Crippen LogP contribution in [-0.2, 0) is 12.6 Å². The molecule has 0 radical (unpaired) electrons. The number of hydrogen-bond acceptors (Lipinski definition) is 2. The summed E-state index contributed by atoms with van der Waals surface area (Å²) in [6, 6.07) is 0. The van der Waals surface area contributed by atoms with Crippen LogP contribution in [0.1, 0.15) is 25.1 Å². The molecule has 1 rings (SSSR count). The monoisotopic (exact) mass is 222 g/mol. The quantitative estimate of drug-likeness (QED) is 0.821. The molecule has 0 unspecified atom stereocenters. The summed E-state index contributed by atoms with van der Waals surface area (Å²) >= 11 is 0. The first kappa shape index (κ1) is 12.0. The predicted octanol–water partition coefficient (Wildman–Crippen LogP) is 1.99. The van der Waals surface area contributed by atoms with E-state index in [1.165, 1.54) is 0 Å². The van der Waals surface area contributed by atoms with E-state index < -0.39 is 17.3 Å². The SMILES string of the molecule is CC(C)(CO)Cc1cn[nH]c1C(F)(F)F. The minimum Gasteiger partial charge on any atom is -0.396 e. The van der Waals surface area contributed by atoms with Gasteiger partial charge in [0.05, 0.1) is 6.20 Å². The molecule has 6 heteroatoms. The van der Waals surface area contributed by atoms with Gasteiger partial charge in [0, 0.05) is 12.2 Å². The second kappa shape index (κ2) is 3.84. The topological polar surface area (TPSA) is 48.9 Å². The Morgan fingerprint density at radius 3 is 2.47 bits per heavy atom. The van der Waals surface area contributed by atoms with Crippen LogP contribution in [0.5, 0.6) is 0 Å². The molecule has 0 bridgehead atoms. The standard InChI is InChI=1S/C9H13F3N2O/c1-8(2,5-15)3-6-4-13-14-7(6)9(10,11)12/h4,15H,3,5H2,1-2H3,(H,13,14). The molecule has 0 amide bonds. The third-order valence-electron chi connectivity index (χ3n) is 2.10. The Kier molecular flexibility index (Phi) is 3.08. The Labute approximate surface area is 85.3 Å². The van der Waals surface area contributed by atoms with Crippen LogP contribution in [0.4, 0.5) is 13.2 Å². The fourth-order valence-corrected chi connectivity index (χ4v) is 1.26. The van der Waals surface area contributed by atoms with Gasteiger partial charge in [-0.3, -0.25) is 5.10 Å². The van der Waals surface area contributed by atoms with Crippen LogP contribution in [-0.4, -0.2) is 21.9 Å². The summed E-state index contributed by atoms with van der Waals surface area (Å²) in [5, 5.41) is 14.3. The summed E-state index contributed by atoms with van der Waals surface area (Å²) < 4.78 is 37.3. The highest BCUT2D eigenvalue weighted by atomic mass is 19.4. The van der Waals surface area contributed by atoms with E-state index in [-0.39, 0.29) is 18.6 Å². The van der Waals surface area contributed by atoms with E-state index >= 15 is 0 Å². The summed E-state index contributed by atoms with van der Waals surface area (Å²) in [7, 11) is 0. The maximum Gasteiger partial charge on any atom is 0.433 e. The number of aliphatic hydroxyl groups is 1. The van der Waals surface area contributed by atoms with Gasteiger partial charge in [0.2, 0.25) is 0 Å². The van der Waals surface area contributed by atoms with Crippen molar-refractivity contribution < 1.29 is 18.3 Å². The zero-order valence-electron chi connectivity index (χ0n) is 8.52. The van der Waals surface area contributed by atoms with Gasteiger partial charge in [-0.1, -0.05) is 13.8 Å². The van der Waals surface area contributed by atoms with Crippen molar-refractivity contribution in [2.24, 2.45) is 5.41 Å². The Hall–Kier alpha value is -1.04. The minimum atomic E-state index is -4.42. The number of halogens is 3. The zero-order valence-corrected chi connectivity index (χ0v) is 8.52. The van der Waals surface area contributed by atoms with Crippen molar-refractivity contribution in [2.45, 2.75) is 26.4 Å². The van der Waals surface area contributed by atoms with Crippen molar-refractivity contribution in [1.82, 2.24) is 10.2 Å². The lowest BCUT2D eigenvalue weighted by molar-refractivity contribution is -0.142. The minimum absolute atomic E-state index is 0.0848. The maximum absolute atomic E-state index is 12.4. The lowest BCUT2D eigenvalue weighted by Gasteiger charge is -2.21. The first-order chi connectivity index (χ1) is 6.76. The fraction of sp³-hybridized carbons (Fsp3) is 0.667. The van der Waals surface area contributed by atoms with Gasteiger partial charge in [0.1, 0.15) is 5.69 Å². The molecule has 0 spiro atoms. The van der Waals surface area contributed by atoms with Gasteiger partial charge in [-0.15, -0.1) is 0 Å². The van der Waals surface area contributed by atoms with Crippen LogP contribution < -0.4 is 0 Å². The van der Waals surface area contributed by atoms with Crippen LogP contribution in [0.3, 0.4) is 0 Å². The van der Waals surface area contributed by atoms with E-state index in [9.17, 15) is 13.2 Å². The van der Waals surface area contributed by atoms with E-state index in [1.807, 2.05) is 5.10 Å². The van der Waals surface area contributed by atoms with Gasteiger partial charge in [-0.25, -0.2) is 0 Å². The van der Waals surface area contributed by atoms with E-state index in [0.29, 0.717) is 0 Å². The van der Waals surface area contributed by atoms with Crippen LogP contribution in [0, 0.1) is 5.41 Å². The van der Waals surface area contributed by atoms with E-state index in [4.69, 9.17) is 5.11 Å². The number of nitrogens with one attached hydrogen (secondary N) is 1. The normalized spacial score (nSPS) is 13.2. The molecule has 0 aliphatic heterocycles. The highest BCUT2D eigenvalue weighted by Crippen LogP contribution is 2.33. The van der Waals surface area contributed by atoms with Crippen LogP contribution in [0.25, 0.3) is 0 Å². The number of aliphatic hydroxyl groups excluding tert-OH is 1. The highest BCUT2D eigenvalue weighted by Gasteiger charge is 2.36. The van der Waals surface area contributed by atoms with Crippen molar-refractivity contribution in [3.63, 3.8) is 0 Å². The molecule has 86 valence electrons. The summed E-state index contributed by atoms with van der Waals surface area (Å²) in [5.74, 6) is 0. The van der Waals surface area contributed by atoms with Gasteiger partial charge < -0.3 is 5.11 Å². The molecule has 2 N–H and O–H groups in total. The smallest absolute Gasteiger partial charge is 0.396 e. The molecule has 0 saturated carbocycles. The number of alkyl halides is 3. The molecule has 3 nitrogen and oxygen atoms in total. The lowest BCUT2D eigenvalue weighted by Crippen LogP contribution is -2.21. The zero-order chi connectivity index (χ0) is 11.7. The summed E-state index contributed by atoms with van der Waals surface area (Å²) in [6.45, 7) is 3.22. The molecule has 0 aromatic carbocycles. The molecule has 1 aromatic rings. The first-order valence-corrected chi connectivity index (χ1v) is 4.46. The van der Waals surface area contributed by atoms with Crippen molar-refractivity contribution in [1.29, 1.82) is 0 Å². The number of nitrogens with zero attached hydrogens (tertiary/aromatic N) is 1. The Morgan fingerprint density at radius 2 is 2.00 bits per heavy atom. The lowest BCUT2D eigenvalue weighted by atomic mass is 9.87. The molecule has 0 saturated heterocycles. The predicted molar refractivity (Wildman–Crippen MR) is 48.2 cm³/mol. The average molecular weight is 222 g/mol. The fourth-order valence-electron chi connectivity index (χ4n) is 1.26. The van der Waals surface area contributed by atoms with Crippen molar-refractivity contribution in [3.05, 3.63) is 17.5 Å². The van der Waals surface area contributed by atoms with Gasteiger partial charge in [-0.05, 0) is 11.8 Å². The van der Waals surface area contributed by atoms with Gasteiger partial charge in [-0.2, -0.15) is 18.3 Å². The molecular weight excluding hydrogens is 209 g/mol. The second-order valence-electron chi connectivity index (χ2n) is 4.27. The molecule has 0 fully saturated rings. The number of rotatable bonds is 3. The molecule has 15 heavy (non-hydrogen) atoms. The Morgan fingerprint density at radius 1 is 1.40 bits per heavy atom. The van der Waals surface area contributed by atoms with Crippen LogP contribution >= 0.6 is 0 Å². The second-order valence-corrected chi connectivity index (χ2v) is 4.27. The van der Waals surface area contributed by atoms with Crippen molar-refractivity contribution >= 4 is 0 Å². The maximum atomic E-state index is 12.4. The molecule has 0 atom stereocenters. The van der Waals surface area contributed by atoms with E-state index in [0.717, 1.165) is 6.20 Å². The van der Waals surface area contributed by atoms with Gasteiger partial charge in [0.25, 0.3) is 0 Å². The molecule has 0 aliphatic carbocycles. The largest absolute Gasteiger partial charge is 0.433 e. The third-order valence-corrected chi connectivity index (χ3v) is 2.10. The number of H-pyrrole nitrogens is 1. The third kappa shape index (κ3) is 2.95. The Bertz CT molecular complexity index is 330. The Balaban J connectivity index is 2.92. The summed E-state index contributed by atoms with van der Waals surface area (Å²) in [4.78, 5) is 0. The summed E-state index contributed by atoms with van der Waals surface area (Å²) in [6.07, 6.45) is -3.13. The van der Waals surface area contributed by atoms with Crippen molar-refractivity contribution in [3.8, 4) is 0 Å². The number of hydrogen-bond donors (Lipinski definition) is 2. The molecule has 1 heterocycles. The van der Waals surface area contributed by atoms with E-state index in [2.05, 4.69) is 5.10 Å². The average Bonchev–Trinajstić information content (AvgIpc) is 2.50. The number of aromatic amines is 1. The molecule has 0 aliphatic rings. The first-order valence-electron chi connectivity index (χ1n) is 4.46. The van der Waals surface area contributed by atoms with Crippen LogP contribution in [0.15, 0.2) is 6.20 Å².